The zero-order chi connectivity index (χ0) is 10.6. The molecule has 0 spiro atoms. The minimum absolute atomic E-state index is 0.537. The summed E-state index contributed by atoms with van der Waals surface area (Å²) >= 11 is 0. The number of carbonyl (C=O) groups is 1. The number of hydrogen-bond donors (Lipinski definition) is 1. The summed E-state index contributed by atoms with van der Waals surface area (Å²) in [5.41, 5.74) is 2.20. The van der Waals surface area contributed by atoms with Gasteiger partial charge in [0, 0.05) is 6.08 Å². The zero-order valence-electron chi connectivity index (χ0n) is 7.69. The van der Waals surface area contributed by atoms with Crippen molar-refractivity contribution in [2.45, 2.75) is 6.92 Å². The SMILES string of the molecule is Cc1cc(C#N)cc(/C=C/C(=O)O)c1. The molecule has 0 fully saturated rings. The molecular weight excluding hydrogens is 178 g/mol. The lowest BCUT2D eigenvalue weighted by Crippen LogP contribution is -1.86. The van der Waals surface area contributed by atoms with E-state index in [2.05, 4.69) is 0 Å². The van der Waals surface area contributed by atoms with Gasteiger partial charge in [-0.2, -0.15) is 5.26 Å². The molecule has 1 aromatic carbocycles. The van der Waals surface area contributed by atoms with E-state index in [9.17, 15) is 4.79 Å². The van der Waals surface area contributed by atoms with Crippen molar-refractivity contribution in [3.8, 4) is 6.07 Å². The number of benzene rings is 1. The third-order valence-electron chi connectivity index (χ3n) is 1.65. The summed E-state index contributed by atoms with van der Waals surface area (Å²) in [6.45, 7) is 1.86. The number of hydrogen-bond acceptors (Lipinski definition) is 2. The third kappa shape index (κ3) is 2.76. The number of rotatable bonds is 2. The molecule has 3 heteroatoms. The average molecular weight is 187 g/mol. The van der Waals surface area contributed by atoms with Crippen LogP contribution in [0.3, 0.4) is 0 Å². The number of carboxylic acids is 1. The predicted molar refractivity (Wildman–Crippen MR) is 52.6 cm³/mol. The summed E-state index contributed by atoms with van der Waals surface area (Å²) in [5, 5.41) is 17.1. The van der Waals surface area contributed by atoms with E-state index in [0.29, 0.717) is 5.56 Å². The first-order chi connectivity index (χ1) is 6.61. The number of nitriles is 1. The van der Waals surface area contributed by atoms with Crippen LogP contribution >= 0.6 is 0 Å². The Kier molecular flexibility index (Phi) is 3.03. The van der Waals surface area contributed by atoms with Crippen LogP contribution in [0.2, 0.25) is 0 Å². The Bertz CT molecular complexity index is 427. The van der Waals surface area contributed by atoms with E-state index in [1.807, 2.05) is 19.1 Å². The van der Waals surface area contributed by atoms with Crippen molar-refractivity contribution in [2.24, 2.45) is 0 Å². The Labute approximate surface area is 81.9 Å². The minimum Gasteiger partial charge on any atom is -0.478 e. The molecule has 0 saturated heterocycles. The van der Waals surface area contributed by atoms with E-state index >= 15 is 0 Å². The normalized spacial score (nSPS) is 10.0. The summed E-state index contributed by atoms with van der Waals surface area (Å²) in [7, 11) is 0. The van der Waals surface area contributed by atoms with Crippen molar-refractivity contribution >= 4 is 12.0 Å². The average Bonchev–Trinajstić information content (AvgIpc) is 2.14. The maximum atomic E-state index is 10.3. The van der Waals surface area contributed by atoms with Crippen molar-refractivity contribution in [2.75, 3.05) is 0 Å². The summed E-state index contributed by atoms with van der Waals surface area (Å²) in [6.07, 6.45) is 2.52. The van der Waals surface area contributed by atoms with Gasteiger partial charge in [0.1, 0.15) is 0 Å². The fourth-order valence-electron chi connectivity index (χ4n) is 1.14. The lowest BCUT2D eigenvalue weighted by molar-refractivity contribution is -0.131. The Morgan fingerprint density at radius 1 is 1.50 bits per heavy atom. The highest BCUT2D eigenvalue weighted by Crippen LogP contribution is 2.10. The molecule has 0 atom stereocenters. The van der Waals surface area contributed by atoms with Crippen LogP contribution in [0.15, 0.2) is 24.3 Å². The van der Waals surface area contributed by atoms with Gasteiger partial charge in [0.15, 0.2) is 0 Å². The number of aliphatic carboxylic acids is 1. The van der Waals surface area contributed by atoms with Crippen LogP contribution in [-0.2, 0) is 4.79 Å². The summed E-state index contributed by atoms with van der Waals surface area (Å²) in [5.74, 6) is -0.995. The number of nitrogens with zero attached hydrogens (tertiary/aromatic N) is 1. The fourth-order valence-corrected chi connectivity index (χ4v) is 1.14. The van der Waals surface area contributed by atoms with Crippen LogP contribution < -0.4 is 0 Å². The van der Waals surface area contributed by atoms with E-state index in [-0.39, 0.29) is 0 Å². The smallest absolute Gasteiger partial charge is 0.328 e. The molecular formula is C11H9NO2. The monoisotopic (exact) mass is 187 g/mol. The van der Waals surface area contributed by atoms with Crippen molar-refractivity contribution < 1.29 is 9.90 Å². The standard InChI is InChI=1S/C11H9NO2/c1-8-4-9(2-3-11(13)14)6-10(5-8)7-12/h2-6H,1H3,(H,13,14)/b3-2+. The fraction of sp³-hybridized carbons (Fsp3) is 0.0909. The first-order valence-corrected chi connectivity index (χ1v) is 4.04. The van der Waals surface area contributed by atoms with E-state index in [1.165, 1.54) is 6.08 Å². The molecule has 3 nitrogen and oxygen atoms in total. The van der Waals surface area contributed by atoms with Crippen molar-refractivity contribution in [3.63, 3.8) is 0 Å². The highest BCUT2D eigenvalue weighted by molar-refractivity contribution is 5.85. The van der Waals surface area contributed by atoms with Gasteiger partial charge in [-0.3, -0.25) is 0 Å². The van der Waals surface area contributed by atoms with Gasteiger partial charge in [-0.1, -0.05) is 6.07 Å². The lowest BCUT2D eigenvalue weighted by atomic mass is 10.1. The molecule has 0 unspecified atom stereocenters. The number of carboxylic acid groups (broad SMARTS) is 1. The summed E-state index contributed by atoms with van der Waals surface area (Å²) in [6, 6.07) is 7.23. The first kappa shape index (κ1) is 10.0. The molecule has 0 heterocycles. The van der Waals surface area contributed by atoms with Crippen LogP contribution in [0.25, 0.3) is 6.08 Å². The molecule has 0 amide bonds. The molecule has 1 aromatic rings. The van der Waals surface area contributed by atoms with Crippen molar-refractivity contribution in [1.29, 1.82) is 5.26 Å². The van der Waals surface area contributed by atoms with Crippen molar-refractivity contribution in [1.82, 2.24) is 0 Å². The minimum atomic E-state index is -0.995. The molecule has 0 radical (unpaired) electrons. The topological polar surface area (TPSA) is 61.1 Å². The molecule has 0 saturated carbocycles. The first-order valence-electron chi connectivity index (χ1n) is 4.04. The van der Waals surface area contributed by atoms with Gasteiger partial charge in [0.05, 0.1) is 11.6 Å². The second-order valence-electron chi connectivity index (χ2n) is 2.92. The Morgan fingerprint density at radius 3 is 2.79 bits per heavy atom. The summed E-state index contributed by atoms with van der Waals surface area (Å²) in [4.78, 5) is 10.3. The van der Waals surface area contributed by atoms with Gasteiger partial charge >= 0.3 is 5.97 Å². The van der Waals surface area contributed by atoms with Crippen LogP contribution in [0, 0.1) is 18.3 Å². The van der Waals surface area contributed by atoms with E-state index in [4.69, 9.17) is 10.4 Å². The van der Waals surface area contributed by atoms with E-state index in [1.54, 1.807) is 12.1 Å². The van der Waals surface area contributed by atoms with Gasteiger partial charge < -0.3 is 5.11 Å². The van der Waals surface area contributed by atoms with Crippen molar-refractivity contribution in [3.05, 3.63) is 41.0 Å². The van der Waals surface area contributed by atoms with Gasteiger partial charge in [-0.05, 0) is 36.3 Å². The second-order valence-corrected chi connectivity index (χ2v) is 2.92. The molecule has 0 bridgehead atoms. The number of aryl methyl sites for hydroxylation is 1. The third-order valence-corrected chi connectivity index (χ3v) is 1.65. The molecule has 0 aliphatic carbocycles. The molecule has 0 aliphatic heterocycles. The van der Waals surface area contributed by atoms with Gasteiger partial charge in [-0.15, -0.1) is 0 Å². The predicted octanol–water partition coefficient (Wildman–Crippen LogP) is 1.96. The van der Waals surface area contributed by atoms with E-state index in [0.717, 1.165) is 17.2 Å². The lowest BCUT2D eigenvalue weighted by Gasteiger charge is -1.97. The van der Waals surface area contributed by atoms with Crippen LogP contribution in [0.1, 0.15) is 16.7 Å². The van der Waals surface area contributed by atoms with E-state index < -0.39 is 5.97 Å². The Morgan fingerprint density at radius 2 is 2.21 bits per heavy atom. The molecule has 14 heavy (non-hydrogen) atoms. The second kappa shape index (κ2) is 4.24. The molecule has 1 rings (SSSR count). The highest BCUT2D eigenvalue weighted by Gasteiger charge is 1.95. The molecule has 1 N–H and O–H groups in total. The summed E-state index contributed by atoms with van der Waals surface area (Å²) < 4.78 is 0. The van der Waals surface area contributed by atoms with Crippen LogP contribution in [0.5, 0.6) is 0 Å². The van der Waals surface area contributed by atoms with Gasteiger partial charge in [0.25, 0.3) is 0 Å². The van der Waals surface area contributed by atoms with Crippen LogP contribution in [0.4, 0.5) is 0 Å². The quantitative estimate of drug-likeness (QED) is 0.720. The zero-order valence-corrected chi connectivity index (χ0v) is 7.69. The molecule has 0 aliphatic rings. The maximum absolute atomic E-state index is 10.3. The Hall–Kier alpha value is -2.08. The molecule has 70 valence electrons. The Balaban J connectivity index is 3.05. The van der Waals surface area contributed by atoms with Crippen LogP contribution in [-0.4, -0.2) is 11.1 Å². The highest BCUT2D eigenvalue weighted by atomic mass is 16.4. The maximum Gasteiger partial charge on any atom is 0.328 e. The van der Waals surface area contributed by atoms with Gasteiger partial charge in [-0.25, -0.2) is 4.79 Å². The van der Waals surface area contributed by atoms with Gasteiger partial charge in [0.2, 0.25) is 0 Å². The molecule has 0 aromatic heterocycles. The largest absolute Gasteiger partial charge is 0.478 e.